The van der Waals surface area contributed by atoms with E-state index >= 15 is 0 Å². The maximum atomic E-state index is 9.11. The number of nitrogens with zero attached hydrogens (tertiary/aromatic N) is 2. The molecule has 84 valence electrons. The number of anilines is 1. The molecule has 2 N–H and O–H groups in total. The number of ether oxygens (including phenoxy) is 1. The maximum absolute atomic E-state index is 9.11. The van der Waals surface area contributed by atoms with Crippen molar-refractivity contribution in [1.29, 1.82) is 0 Å². The molecule has 1 unspecified atom stereocenters. The summed E-state index contributed by atoms with van der Waals surface area (Å²) < 4.78 is 5.51. The Hall–Kier alpha value is -1.11. The van der Waals surface area contributed by atoms with Crippen LogP contribution in [0.5, 0.6) is 0 Å². The Morgan fingerprint density at radius 3 is 3.00 bits per heavy atom. The van der Waals surface area contributed by atoms with Gasteiger partial charge in [-0.3, -0.25) is 0 Å². The van der Waals surface area contributed by atoms with Crippen LogP contribution in [-0.2, 0) is 4.74 Å². The van der Waals surface area contributed by atoms with Crippen molar-refractivity contribution >= 4 is 18.4 Å². The largest absolute Gasteiger partial charge is 0.488 e. The van der Waals surface area contributed by atoms with Crippen LogP contribution in [-0.4, -0.2) is 47.4 Å². The molecule has 0 saturated carbocycles. The summed E-state index contributed by atoms with van der Waals surface area (Å²) in [6.45, 7) is 1.60. The number of fused-ring (bicyclic) bond motifs is 2. The normalized spacial score (nSPS) is 27.5. The Kier molecular flexibility index (Phi) is 2.35. The van der Waals surface area contributed by atoms with E-state index in [-0.39, 0.29) is 0 Å². The van der Waals surface area contributed by atoms with Crippen LogP contribution >= 0.6 is 0 Å². The van der Waals surface area contributed by atoms with Crippen LogP contribution in [0.4, 0.5) is 5.82 Å². The van der Waals surface area contributed by atoms with Gasteiger partial charge < -0.3 is 19.7 Å². The molecule has 1 aromatic rings. The molecule has 2 aliphatic rings. The molecule has 5 nitrogen and oxygen atoms in total. The average Bonchev–Trinajstić information content (AvgIpc) is 2.91. The zero-order valence-electron chi connectivity index (χ0n) is 8.78. The average molecular weight is 220 g/mol. The summed E-state index contributed by atoms with van der Waals surface area (Å²) in [6.07, 6.45) is 2.97. The first-order valence-electron chi connectivity index (χ1n) is 5.44. The monoisotopic (exact) mass is 220 g/mol. The maximum Gasteiger partial charge on any atom is 0.488 e. The molecule has 3 rings (SSSR count). The van der Waals surface area contributed by atoms with Crippen LogP contribution in [0.2, 0.25) is 0 Å². The Bertz CT molecular complexity index is 401. The van der Waals surface area contributed by atoms with Gasteiger partial charge in [0.05, 0.1) is 18.8 Å². The van der Waals surface area contributed by atoms with Gasteiger partial charge in [0.1, 0.15) is 5.82 Å². The first kappa shape index (κ1) is 10.1. The highest BCUT2D eigenvalue weighted by atomic mass is 16.5. The summed E-state index contributed by atoms with van der Waals surface area (Å²) in [5, 5.41) is 18.2. The fourth-order valence-corrected chi connectivity index (χ4v) is 2.43. The van der Waals surface area contributed by atoms with E-state index in [4.69, 9.17) is 14.8 Å². The van der Waals surface area contributed by atoms with Gasteiger partial charge in [0, 0.05) is 12.7 Å². The molecule has 16 heavy (non-hydrogen) atoms. The molecular formula is C10H13BN2O3. The van der Waals surface area contributed by atoms with Gasteiger partial charge in [-0.25, -0.2) is 4.98 Å². The third-order valence-corrected chi connectivity index (χ3v) is 3.26. The summed E-state index contributed by atoms with van der Waals surface area (Å²) in [7, 11) is -1.43. The minimum Gasteiger partial charge on any atom is -0.423 e. The SMILES string of the molecule is OB(O)c1ccnc(N2CC3C[C@@H]2CO3)c1. The summed E-state index contributed by atoms with van der Waals surface area (Å²) in [5.74, 6) is 0.807. The van der Waals surface area contributed by atoms with Gasteiger partial charge in [-0.15, -0.1) is 0 Å². The zero-order valence-corrected chi connectivity index (χ0v) is 8.78. The molecule has 0 radical (unpaired) electrons. The Labute approximate surface area is 93.8 Å². The van der Waals surface area contributed by atoms with Crippen molar-refractivity contribution in [3.8, 4) is 0 Å². The number of aromatic nitrogens is 1. The van der Waals surface area contributed by atoms with E-state index in [0.29, 0.717) is 17.6 Å². The molecule has 2 saturated heterocycles. The van der Waals surface area contributed by atoms with Crippen LogP contribution < -0.4 is 10.4 Å². The minimum absolute atomic E-state index is 0.314. The molecule has 6 heteroatoms. The van der Waals surface area contributed by atoms with Crippen molar-refractivity contribution < 1.29 is 14.8 Å². The van der Waals surface area contributed by atoms with E-state index in [1.54, 1.807) is 18.3 Å². The predicted molar refractivity (Wildman–Crippen MR) is 59.6 cm³/mol. The van der Waals surface area contributed by atoms with Gasteiger partial charge in [-0.1, -0.05) is 0 Å². The molecule has 2 bridgehead atoms. The third-order valence-electron chi connectivity index (χ3n) is 3.26. The Balaban J connectivity index is 1.86. The van der Waals surface area contributed by atoms with E-state index in [9.17, 15) is 0 Å². The van der Waals surface area contributed by atoms with Gasteiger partial charge in [-0.05, 0) is 24.0 Å². The number of rotatable bonds is 2. The molecule has 0 amide bonds. The number of pyridine rings is 1. The first-order valence-corrected chi connectivity index (χ1v) is 5.44. The third kappa shape index (κ3) is 1.59. The lowest BCUT2D eigenvalue weighted by atomic mass is 9.81. The van der Waals surface area contributed by atoms with Gasteiger partial charge in [-0.2, -0.15) is 0 Å². The lowest BCUT2D eigenvalue weighted by molar-refractivity contribution is 0.0989. The van der Waals surface area contributed by atoms with Crippen LogP contribution in [0.3, 0.4) is 0 Å². The van der Waals surface area contributed by atoms with E-state index < -0.39 is 7.12 Å². The standard InChI is InChI=1S/C10H13BN2O3/c14-11(15)7-1-2-12-10(3-7)13-5-9-4-8(13)6-16-9/h1-3,8-9,14-15H,4-6H2/t8-,9?/m1/s1. The van der Waals surface area contributed by atoms with Crippen molar-refractivity contribution in [2.75, 3.05) is 18.1 Å². The Morgan fingerprint density at radius 1 is 1.50 bits per heavy atom. The second kappa shape index (κ2) is 3.73. The highest BCUT2D eigenvalue weighted by molar-refractivity contribution is 6.58. The molecule has 2 fully saturated rings. The molecule has 2 atom stereocenters. The number of hydrogen-bond acceptors (Lipinski definition) is 5. The van der Waals surface area contributed by atoms with Gasteiger partial charge in [0.2, 0.25) is 0 Å². The fourth-order valence-electron chi connectivity index (χ4n) is 2.43. The predicted octanol–water partition coefficient (Wildman–Crippen LogP) is -1.26. The minimum atomic E-state index is -1.43. The number of hydrogen-bond donors (Lipinski definition) is 2. The van der Waals surface area contributed by atoms with Crippen molar-refractivity contribution in [2.24, 2.45) is 0 Å². The molecule has 0 spiro atoms. The highest BCUT2D eigenvalue weighted by Crippen LogP contribution is 2.30. The molecular weight excluding hydrogens is 207 g/mol. The van der Waals surface area contributed by atoms with Crippen LogP contribution in [0.15, 0.2) is 18.3 Å². The second-order valence-corrected chi connectivity index (χ2v) is 4.32. The van der Waals surface area contributed by atoms with E-state index in [1.165, 1.54) is 0 Å². The molecule has 0 aromatic carbocycles. The molecule has 3 heterocycles. The van der Waals surface area contributed by atoms with Crippen LogP contribution in [0, 0.1) is 0 Å². The molecule has 0 aliphatic carbocycles. The quantitative estimate of drug-likeness (QED) is 0.609. The van der Waals surface area contributed by atoms with Crippen LogP contribution in [0.25, 0.3) is 0 Å². The van der Waals surface area contributed by atoms with Crippen molar-refractivity contribution in [2.45, 2.75) is 18.6 Å². The van der Waals surface area contributed by atoms with Crippen molar-refractivity contribution in [1.82, 2.24) is 4.98 Å². The summed E-state index contributed by atoms with van der Waals surface area (Å²) in [4.78, 5) is 6.45. The highest BCUT2D eigenvalue weighted by Gasteiger charge is 2.39. The molecule has 2 aliphatic heterocycles. The number of morpholine rings is 1. The van der Waals surface area contributed by atoms with Crippen LogP contribution in [0.1, 0.15) is 6.42 Å². The first-order chi connectivity index (χ1) is 7.74. The van der Waals surface area contributed by atoms with Crippen molar-refractivity contribution in [3.63, 3.8) is 0 Å². The van der Waals surface area contributed by atoms with E-state index in [0.717, 1.165) is 25.4 Å². The van der Waals surface area contributed by atoms with Crippen molar-refractivity contribution in [3.05, 3.63) is 18.3 Å². The Morgan fingerprint density at radius 2 is 2.38 bits per heavy atom. The topological polar surface area (TPSA) is 65.8 Å². The summed E-state index contributed by atoms with van der Waals surface area (Å²) >= 11 is 0. The fraction of sp³-hybridized carbons (Fsp3) is 0.500. The summed E-state index contributed by atoms with van der Waals surface area (Å²) in [6, 6.07) is 3.73. The van der Waals surface area contributed by atoms with E-state index in [1.807, 2.05) is 0 Å². The zero-order chi connectivity index (χ0) is 11.1. The molecule has 1 aromatic heterocycles. The smallest absolute Gasteiger partial charge is 0.423 e. The van der Waals surface area contributed by atoms with E-state index in [2.05, 4.69) is 9.88 Å². The lowest BCUT2D eigenvalue weighted by Crippen LogP contribution is -2.39. The van der Waals surface area contributed by atoms with Gasteiger partial charge >= 0.3 is 7.12 Å². The van der Waals surface area contributed by atoms with Gasteiger partial charge in [0.15, 0.2) is 0 Å². The lowest BCUT2D eigenvalue weighted by Gasteiger charge is -2.28. The summed E-state index contributed by atoms with van der Waals surface area (Å²) in [5.41, 5.74) is 0.480. The van der Waals surface area contributed by atoms with Gasteiger partial charge in [0.25, 0.3) is 0 Å². The second-order valence-electron chi connectivity index (χ2n) is 4.32.